The number of pyridine rings is 1. The van der Waals surface area contributed by atoms with Crippen LogP contribution >= 0.6 is 0 Å². The molecular weight excluding hydrogens is 402 g/mol. The van der Waals surface area contributed by atoms with Crippen molar-refractivity contribution in [2.75, 3.05) is 11.6 Å². The predicted octanol–water partition coefficient (Wildman–Crippen LogP) is 3.18. The molecule has 0 saturated carbocycles. The Balaban J connectivity index is 1.60. The first kappa shape index (κ1) is 21.2. The minimum Gasteiger partial charge on any atom is -0.327 e. The Morgan fingerprint density at radius 2 is 1.81 bits per heavy atom. The first-order chi connectivity index (χ1) is 15.5. The third-order valence-electron chi connectivity index (χ3n) is 5.34. The number of aliphatic imine (C=N–C) groups is 1. The number of carbonyl (C=O) groups excluding carboxylic acids is 2. The highest BCUT2D eigenvalue weighted by atomic mass is 16.2. The molecule has 162 valence electrons. The summed E-state index contributed by atoms with van der Waals surface area (Å²) in [6.07, 6.45) is 3.45. The van der Waals surface area contributed by atoms with Crippen molar-refractivity contribution < 1.29 is 9.59 Å². The van der Waals surface area contributed by atoms with Crippen molar-refractivity contribution in [3.05, 3.63) is 95.3 Å². The number of aromatic nitrogens is 1. The van der Waals surface area contributed by atoms with Crippen molar-refractivity contribution in [2.45, 2.75) is 26.9 Å². The SMILES string of the molecule is Cc1ccc(N2NC(C(=O)N(Cc3cccnc3)Cc3ccccc3C)=NCC2=O)cc1. The van der Waals surface area contributed by atoms with Gasteiger partial charge >= 0.3 is 0 Å². The van der Waals surface area contributed by atoms with Crippen LogP contribution in [0.15, 0.2) is 78.0 Å². The number of aryl methyl sites for hydroxylation is 2. The number of hydrogen-bond acceptors (Lipinski definition) is 5. The second-order valence-corrected chi connectivity index (χ2v) is 7.79. The molecular formula is C25H25N5O2. The van der Waals surface area contributed by atoms with Crippen LogP contribution in [0, 0.1) is 13.8 Å². The zero-order valence-corrected chi connectivity index (χ0v) is 18.2. The largest absolute Gasteiger partial charge is 0.327 e. The summed E-state index contributed by atoms with van der Waals surface area (Å²) >= 11 is 0. The van der Waals surface area contributed by atoms with Gasteiger partial charge in [-0.1, -0.05) is 48.0 Å². The molecule has 7 heteroatoms. The summed E-state index contributed by atoms with van der Waals surface area (Å²) < 4.78 is 0. The standard InChI is InChI=1S/C25H25N5O2/c1-18-9-11-22(12-10-18)30-23(31)15-27-24(28-30)25(32)29(16-20-7-5-13-26-14-20)17-21-8-4-3-6-19(21)2/h3-14H,15-17H2,1-2H3,(H,27,28). The minimum atomic E-state index is -0.276. The van der Waals surface area contributed by atoms with Crippen LogP contribution in [-0.2, 0) is 22.7 Å². The average Bonchev–Trinajstić information content (AvgIpc) is 2.81. The quantitative estimate of drug-likeness (QED) is 0.656. The maximum atomic E-state index is 13.5. The highest BCUT2D eigenvalue weighted by molar-refractivity contribution is 6.39. The molecule has 2 amide bonds. The van der Waals surface area contributed by atoms with E-state index < -0.39 is 0 Å². The third-order valence-corrected chi connectivity index (χ3v) is 5.34. The molecule has 2 heterocycles. The second-order valence-electron chi connectivity index (χ2n) is 7.79. The van der Waals surface area contributed by atoms with Crippen LogP contribution in [0.25, 0.3) is 0 Å². The molecule has 1 aromatic heterocycles. The molecule has 0 fully saturated rings. The van der Waals surface area contributed by atoms with Gasteiger partial charge < -0.3 is 4.90 Å². The van der Waals surface area contributed by atoms with E-state index in [1.54, 1.807) is 17.3 Å². The zero-order chi connectivity index (χ0) is 22.5. The molecule has 0 atom stereocenters. The van der Waals surface area contributed by atoms with Crippen LogP contribution < -0.4 is 10.4 Å². The van der Waals surface area contributed by atoms with Crippen molar-refractivity contribution >= 4 is 23.3 Å². The molecule has 32 heavy (non-hydrogen) atoms. The van der Waals surface area contributed by atoms with E-state index in [4.69, 9.17) is 0 Å². The molecule has 1 N–H and O–H groups in total. The van der Waals surface area contributed by atoms with E-state index in [0.717, 1.165) is 22.3 Å². The minimum absolute atomic E-state index is 0.0902. The van der Waals surface area contributed by atoms with Crippen LogP contribution in [0.2, 0.25) is 0 Å². The zero-order valence-electron chi connectivity index (χ0n) is 18.2. The number of benzene rings is 2. The molecule has 4 rings (SSSR count). The van der Waals surface area contributed by atoms with Crippen LogP contribution in [-0.4, -0.2) is 34.1 Å². The van der Waals surface area contributed by atoms with Gasteiger partial charge in [0.15, 0.2) is 0 Å². The Bertz CT molecular complexity index is 1140. The first-order valence-corrected chi connectivity index (χ1v) is 10.4. The Morgan fingerprint density at radius 3 is 2.53 bits per heavy atom. The number of hydrogen-bond donors (Lipinski definition) is 1. The lowest BCUT2D eigenvalue weighted by atomic mass is 10.1. The smallest absolute Gasteiger partial charge is 0.291 e. The van der Waals surface area contributed by atoms with Gasteiger partial charge in [-0.3, -0.25) is 25.0 Å². The number of amidine groups is 1. The fraction of sp³-hybridized carbons (Fsp3) is 0.200. The van der Waals surface area contributed by atoms with Gasteiger partial charge in [0.25, 0.3) is 11.8 Å². The lowest BCUT2D eigenvalue weighted by molar-refractivity contribution is -0.125. The van der Waals surface area contributed by atoms with Crippen molar-refractivity contribution in [1.82, 2.24) is 15.3 Å². The number of nitrogens with one attached hydrogen (secondary N) is 1. The number of nitrogens with zero attached hydrogens (tertiary/aromatic N) is 4. The molecule has 7 nitrogen and oxygen atoms in total. The maximum absolute atomic E-state index is 13.5. The molecule has 0 aliphatic carbocycles. The number of carbonyl (C=O) groups is 2. The summed E-state index contributed by atoms with van der Waals surface area (Å²) in [6, 6.07) is 19.3. The summed E-state index contributed by atoms with van der Waals surface area (Å²) in [5.41, 5.74) is 7.75. The van der Waals surface area contributed by atoms with E-state index in [2.05, 4.69) is 15.4 Å². The fourth-order valence-corrected chi connectivity index (χ4v) is 3.49. The van der Waals surface area contributed by atoms with Gasteiger partial charge in [-0.15, -0.1) is 0 Å². The maximum Gasteiger partial charge on any atom is 0.291 e. The van der Waals surface area contributed by atoms with E-state index in [1.807, 2.05) is 74.5 Å². The van der Waals surface area contributed by atoms with Gasteiger partial charge in [-0.05, 0) is 48.7 Å². The lowest BCUT2D eigenvalue weighted by Gasteiger charge is -2.31. The molecule has 1 aliphatic rings. The topological polar surface area (TPSA) is 77.9 Å². The van der Waals surface area contributed by atoms with Crippen molar-refractivity contribution in [1.29, 1.82) is 0 Å². The summed E-state index contributed by atoms with van der Waals surface area (Å²) in [5, 5.41) is 1.38. The lowest BCUT2D eigenvalue weighted by Crippen LogP contribution is -2.56. The number of amides is 2. The molecule has 1 aliphatic heterocycles. The number of anilines is 1. The van der Waals surface area contributed by atoms with Crippen LogP contribution in [0.4, 0.5) is 5.69 Å². The van der Waals surface area contributed by atoms with Crippen LogP contribution in [0.3, 0.4) is 0 Å². The second kappa shape index (κ2) is 9.43. The Labute approximate surface area is 187 Å². The summed E-state index contributed by atoms with van der Waals surface area (Å²) in [5.74, 6) is -0.354. The van der Waals surface area contributed by atoms with Gasteiger partial charge in [0.1, 0.15) is 6.54 Å². The molecule has 0 saturated heterocycles. The third kappa shape index (κ3) is 4.83. The van der Waals surface area contributed by atoms with Crippen molar-refractivity contribution in [3.8, 4) is 0 Å². The van der Waals surface area contributed by atoms with E-state index in [1.165, 1.54) is 5.01 Å². The molecule has 0 radical (unpaired) electrons. The van der Waals surface area contributed by atoms with Crippen LogP contribution in [0.1, 0.15) is 22.3 Å². The van der Waals surface area contributed by atoms with Gasteiger partial charge in [0.05, 0.1) is 5.69 Å². The Hall–Kier alpha value is -4.00. The normalized spacial score (nSPS) is 13.4. The Kier molecular flexibility index (Phi) is 6.26. The monoisotopic (exact) mass is 427 g/mol. The molecule has 3 aromatic rings. The van der Waals surface area contributed by atoms with E-state index in [0.29, 0.717) is 18.8 Å². The van der Waals surface area contributed by atoms with E-state index in [9.17, 15) is 9.59 Å². The molecule has 0 bridgehead atoms. The molecule has 0 spiro atoms. The number of hydrazine groups is 1. The fourth-order valence-electron chi connectivity index (χ4n) is 3.49. The van der Waals surface area contributed by atoms with Crippen molar-refractivity contribution in [2.24, 2.45) is 4.99 Å². The van der Waals surface area contributed by atoms with Gasteiger partial charge in [0, 0.05) is 25.5 Å². The summed E-state index contributed by atoms with van der Waals surface area (Å²) in [6.45, 7) is 4.70. The summed E-state index contributed by atoms with van der Waals surface area (Å²) in [7, 11) is 0. The Morgan fingerprint density at radius 1 is 1.03 bits per heavy atom. The van der Waals surface area contributed by atoms with Crippen LogP contribution in [0.5, 0.6) is 0 Å². The number of rotatable bonds is 6. The van der Waals surface area contributed by atoms with Gasteiger partial charge in [0.2, 0.25) is 5.84 Å². The van der Waals surface area contributed by atoms with Gasteiger partial charge in [-0.2, -0.15) is 0 Å². The van der Waals surface area contributed by atoms with E-state index in [-0.39, 0.29) is 24.2 Å². The molecule has 0 unspecified atom stereocenters. The van der Waals surface area contributed by atoms with Crippen molar-refractivity contribution in [3.63, 3.8) is 0 Å². The average molecular weight is 428 g/mol. The predicted molar refractivity (Wildman–Crippen MR) is 124 cm³/mol. The van der Waals surface area contributed by atoms with E-state index >= 15 is 0 Å². The first-order valence-electron chi connectivity index (χ1n) is 10.4. The highest BCUT2D eigenvalue weighted by Crippen LogP contribution is 2.17. The molecule has 2 aromatic carbocycles. The van der Waals surface area contributed by atoms with Gasteiger partial charge in [-0.25, -0.2) is 5.01 Å². The highest BCUT2D eigenvalue weighted by Gasteiger charge is 2.29. The summed E-state index contributed by atoms with van der Waals surface area (Å²) in [4.78, 5) is 36.1.